The zero-order valence-electron chi connectivity index (χ0n) is 12.9. The van der Waals surface area contributed by atoms with Crippen LogP contribution in [0.4, 0.5) is 0 Å². The largest absolute Gasteiger partial charge is 0.504 e. The molecule has 104 valence electrons. The third-order valence-corrected chi connectivity index (χ3v) is 3.28. The molecule has 1 heterocycles. The van der Waals surface area contributed by atoms with Gasteiger partial charge in [-0.1, -0.05) is 48.5 Å². The Kier molecular flexibility index (Phi) is 4.46. The molecule has 0 fully saturated rings. The smallest absolute Gasteiger partial charge is 0.160 e. The zero-order valence-corrected chi connectivity index (χ0v) is 12.9. The molecule has 1 unspecified atom stereocenters. The fourth-order valence-electron chi connectivity index (χ4n) is 2.22. The minimum Gasteiger partial charge on any atom is -0.504 e. The van der Waals surface area contributed by atoms with Crippen LogP contribution in [0.2, 0.25) is 0 Å². The SMILES string of the molecule is CCC(C)c1nn(CC(C)C)c(C(C)(C)C)c1O. The van der Waals surface area contributed by atoms with Crippen LogP contribution in [-0.2, 0) is 12.0 Å². The number of nitrogens with zero attached hydrogens (tertiary/aromatic N) is 2. The highest BCUT2D eigenvalue weighted by molar-refractivity contribution is 5.38. The van der Waals surface area contributed by atoms with Crippen molar-refractivity contribution in [2.75, 3.05) is 0 Å². The third kappa shape index (κ3) is 3.06. The number of hydrogen-bond donors (Lipinski definition) is 1. The molecule has 0 bridgehead atoms. The molecule has 18 heavy (non-hydrogen) atoms. The van der Waals surface area contributed by atoms with Crippen LogP contribution in [0.25, 0.3) is 0 Å². The molecule has 0 aliphatic heterocycles. The van der Waals surface area contributed by atoms with Crippen LogP contribution in [0.1, 0.15) is 72.2 Å². The molecule has 1 aromatic heterocycles. The van der Waals surface area contributed by atoms with Crippen molar-refractivity contribution in [3.05, 3.63) is 11.4 Å². The molecule has 0 saturated heterocycles. The van der Waals surface area contributed by atoms with Gasteiger partial charge >= 0.3 is 0 Å². The van der Waals surface area contributed by atoms with Gasteiger partial charge in [-0.2, -0.15) is 5.10 Å². The second kappa shape index (κ2) is 5.33. The van der Waals surface area contributed by atoms with Crippen LogP contribution >= 0.6 is 0 Å². The predicted octanol–water partition coefficient (Wildman–Crippen LogP) is 4.06. The number of rotatable bonds is 4. The van der Waals surface area contributed by atoms with Gasteiger partial charge in [-0.15, -0.1) is 0 Å². The Hall–Kier alpha value is -0.990. The van der Waals surface area contributed by atoms with Gasteiger partial charge in [0.15, 0.2) is 5.75 Å². The molecule has 3 heteroatoms. The summed E-state index contributed by atoms with van der Waals surface area (Å²) in [4.78, 5) is 0. The summed E-state index contributed by atoms with van der Waals surface area (Å²) >= 11 is 0. The molecule has 0 saturated carbocycles. The van der Waals surface area contributed by atoms with E-state index in [9.17, 15) is 5.11 Å². The van der Waals surface area contributed by atoms with Gasteiger partial charge in [-0.05, 0) is 12.3 Å². The molecule has 0 aliphatic rings. The molecule has 1 N–H and O–H groups in total. The minimum absolute atomic E-state index is 0.0856. The standard InChI is InChI=1S/C15H28N2O/c1-8-11(4)12-13(18)14(15(5,6)7)17(16-12)9-10(2)3/h10-11,18H,8-9H2,1-7H3. The van der Waals surface area contributed by atoms with E-state index in [0.717, 1.165) is 24.4 Å². The van der Waals surface area contributed by atoms with E-state index in [1.807, 2.05) is 4.68 Å². The lowest BCUT2D eigenvalue weighted by Gasteiger charge is -2.21. The summed E-state index contributed by atoms with van der Waals surface area (Å²) in [6, 6.07) is 0. The second-order valence-electron chi connectivity index (χ2n) is 6.72. The van der Waals surface area contributed by atoms with E-state index in [1.165, 1.54) is 0 Å². The summed E-state index contributed by atoms with van der Waals surface area (Å²) in [5.41, 5.74) is 1.73. The van der Waals surface area contributed by atoms with E-state index in [0.29, 0.717) is 17.6 Å². The molecular formula is C15H28N2O. The van der Waals surface area contributed by atoms with E-state index in [1.54, 1.807) is 0 Å². The first-order chi connectivity index (χ1) is 8.18. The molecule has 0 radical (unpaired) electrons. The minimum atomic E-state index is -0.0856. The fraction of sp³-hybridized carbons (Fsp3) is 0.800. The topological polar surface area (TPSA) is 38.0 Å². The lowest BCUT2D eigenvalue weighted by atomic mass is 9.89. The first-order valence-electron chi connectivity index (χ1n) is 6.98. The van der Waals surface area contributed by atoms with Crippen molar-refractivity contribution in [2.45, 2.75) is 72.8 Å². The maximum absolute atomic E-state index is 10.5. The Morgan fingerprint density at radius 2 is 1.78 bits per heavy atom. The van der Waals surface area contributed by atoms with Crippen molar-refractivity contribution in [3.8, 4) is 5.75 Å². The first-order valence-corrected chi connectivity index (χ1v) is 6.98. The van der Waals surface area contributed by atoms with E-state index >= 15 is 0 Å². The van der Waals surface area contributed by atoms with Gasteiger partial charge in [0.25, 0.3) is 0 Å². The molecule has 0 amide bonds. The number of hydrogen-bond acceptors (Lipinski definition) is 2. The van der Waals surface area contributed by atoms with E-state index in [2.05, 4.69) is 53.6 Å². The molecule has 3 nitrogen and oxygen atoms in total. The highest BCUT2D eigenvalue weighted by Crippen LogP contribution is 2.37. The Labute approximate surface area is 111 Å². The van der Waals surface area contributed by atoms with Crippen molar-refractivity contribution < 1.29 is 5.11 Å². The average Bonchev–Trinajstić information content (AvgIpc) is 2.52. The van der Waals surface area contributed by atoms with Crippen molar-refractivity contribution >= 4 is 0 Å². The average molecular weight is 252 g/mol. The van der Waals surface area contributed by atoms with Gasteiger partial charge in [-0.3, -0.25) is 4.68 Å². The summed E-state index contributed by atoms with van der Waals surface area (Å²) in [5, 5.41) is 15.1. The van der Waals surface area contributed by atoms with Crippen LogP contribution in [0.15, 0.2) is 0 Å². The highest BCUT2D eigenvalue weighted by Gasteiger charge is 2.29. The van der Waals surface area contributed by atoms with Crippen molar-refractivity contribution in [1.82, 2.24) is 9.78 Å². The summed E-state index contributed by atoms with van der Waals surface area (Å²) in [6.45, 7) is 15.8. The quantitative estimate of drug-likeness (QED) is 0.877. The summed E-state index contributed by atoms with van der Waals surface area (Å²) in [5.74, 6) is 1.23. The fourth-order valence-corrected chi connectivity index (χ4v) is 2.22. The lowest BCUT2D eigenvalue weighted by molar-refractivity contribution is 0.401. The Bertz CT molecular complexity index is 399. The molecule has 1 rings (SSSR count). The molecule has 0 spiro atoms. The Morgan fingerprint density at radius 3 is 2.17 bits per heavy atom. The molecule has 1 aromatic rings. The van der Waals surface area contributed by atoms with Crippen molar-refractivity contribution in [3.63, 3.8) is 0 Å². The van der Waals surface area contributed by atoms with Crippen LogP contribution in [0, 0.1) is 5.92 Å². The van der Waals surface area contributed by atoms with Crippen LogP contribution in [0.5, 0.6) is 5.75 Å². The summed E-state index contributed by atoms with van der Waals surface area (Å²) in [6.07, 6.45) is 0.996. The maximum atomic E-state index is 10.5. The van der Waals surface area contributed by atoms with E-state index in [4.69, 9.17) is 0 Å². The zero-order chi connectivity index (χ0) is 14.1. The van der Waals surface area contributed by atoms with E-state index < -0.39 is 0 Å². The third-order valence-electron chi connectivity index (χ3n) is 3.28. The second-order valence-corrected chi connectivity index (χ2v) is 6.72. The molecule has 0 aliphatic carbocycles. The van der Waals surface area contributed by atoms with Crippen molar-refractivity contribution in [1.29, 1.82) is 0 Å². The van der Waals surface area contributed by atoms with Gasteiger partial charge in [0, 0.05) is 17.9 Å². The van der Waals surface area contributed by atoms with Crippen LogP contribution in [0.3, 0.4) is 0 Å². The molecule has 0 aromatic carbocycles. The van der Waals surface area contributed by atoms with Gasteiger partial charge < -0.3 is 5.11 Å². The van der Waals surface area contributed by atoms with Gasteiger partial charge in [0.2, 0.25) is 0 Å². The monoisotopic (exact) mass is 252 g/mol. The molecular weight excluding hydrogens is 224 g/mol. The first kappa shape index (κ1) is 15.1. The molecule has 1 atom stereocenters. The number of aromatic hydroxyl groups is 1. The van der Waals surface area contributed by atoms with Gasteiger partial charge in [-0.25, -0.2) is 0 Å². The Morgan fingerprint density at radius 1 is 1.22 bits per heavy atom. The Balaban J connectivity index is 3.32. The highest BCUT2D eigenvalue weighted by atomic mass is 16.3. The normalized spacial score (nSPS) is 14.2. The van der Waals surface area contributed by atoms with Crippen molar-refractivity contribution in [2.24, 2.45) is 5.92 Å². The summed E-state index contributed by atoms with van der Waals surface area (Å²) in [7, 11) is 0. The van der Waals surface area contributed by atoms with Gasteiger partial charge in [0.05, 0.1) is 5.69 Å². The predicted molar refractivity (Wildman–Crippen MR) is 76.1 cm³/mol. The maximum Gasteiger partial charge on any atom is 0.160 e. The van der Waals surface area contributed by atoms with Crippen LogP contribution < -0.4 is 0 Å². The summed E-state index contributed by atoms with van der Waals surface area (Å²) < 4.78 is 2.00. The number of aromatic nitrogens is 2. The van der Waals surface area contributed by atoms with E-state index in [-0.39, 0.29) is 5.41 Å². The van der Waals surface area contributed by atoms with Crippen LogP contribution in [-0.4, -0.2) is 14.9 Å². The van der Waals surface area contributed by atoms with Gasteiger partial charge in [0.1, 0.15) is 5.69 Å². The lowest BCUT2D eigenvalue weighted by Crippen LogP contribution is -2.20.